The number of hydrogen-bond acceptors (Lipinski definition) is 4. The van der Waals surface area contributed by atoms with Gasteiger partial charge in [0.15, 0.2) is 6.10 Å². The molecule has 0 saturated carbocycles. The SMILES string of the molecule is NC(=O)C1=NO[C@@H](CO)C1. The van der Waals surface area contributed by atoms with Gasteiger partial charge in [-0.15, -0.1) is 0 Å². The first-order valence-corrected chi connectivity index (χ1v) is 2.87. The molecule has 0 spiro atoms. The van der Waals surface area contributed by atoms with Gasteiger partial charge in [0.2, 0.25) is 0 Å². The third-order valence-electron chi connectivity index (χ3n) is 1.22. The Balaban J connectivity index is 2.47. The standard InChI is InChI=1S/C5H8N2O3/c6-5(9)4-1-3(2-8)10-7-4/h3,8H,1-2H2,(H2,6,9)/t3-/m1/s1. The highest BCUT2D eigenvalue weighted by Crippen LogP contribution is 2.08. The van der Waals surface area contributed by atoms with Gasteiger partial charge < -0.3 is 15.7 Å². The zero-order chi connectivity index (χ0) is 7.56. The molecule has 0 fully saturated rings. The topological polar surface area (TPSA) is 84.9 Å². The van der Waals surface area contributed by atoms with Crippen LogP contribution < -0.4 is 5.73 Å². The van der Waals surface area contributed by atoms with Gasteiger partial charge in [0.25, 0.3) is 5.91 Å². The largest absolute Gasteiger partial charge is 0.392 e. The van der Waals surface area contributed by atoms with Crippen molar-refractivity contribution in [2.45, 2.75) is 12.5 Å². The third-order valence-corrected chi connectivity index (χ3v) is 1.22. The number of amides is 1. The van der Waals surface area contributed by atoms with E-state index in [1.54, 1.807) is 0 Å². The highest BCUT2D eigenvalue weighted by atomic mass is 16.6. The van der Waals surface area contributed by atoms with Gasteiger partial charge >= 0.3 is 0 Å². The molecule has 0 aromatic heterocycles. The van der Waals surface area contributed by atoms with E-state index in [0.717, 1.165) is 0 Å². The monoisotopic (exact) mass is 144 g/mol. The molecular weight excluding hydrogens is 136 g/mol. The van der Waals surface area contributed by atoms with Crippen molar-refractivity contribution in [1.82, 2.24) is 0 Å². The predicted octanol–water partition coefficient (Wildman–Crippen LogP) is -1.39. The van der Waals surface area contributed by atoms with Gasteiger partial charge in [-0.3, -0.25) is 4.79 Å². The molecule has 1 rings (SSSR count). The minimum absolute atomic E-state index is 0.139. The Hall–Kier alpha value is -1.10. The molecule has 0 aliphatic carbocycles. The molecule has 5 heteroatoms. The van der Waals surface area contributed by atoms with E-state index in [0.29, 0.717) is 6.42 Å². The maximum atomic E-state index is 10.4. The van der Waals surface area contributed by atoms with E-state index in [-0.39, 0.29) is 18.4 Å². The second kappa shape index (κ2) is 2.66. The number of carbonyl (C=O) groups excluding carboxylic acids is 1. The van der Waals surface area contributed by atoms with Crippen LogP contribution in [0, 0.1) is 0 Å². The smallest absolute Gasteiger partial charge is 0.266 e. The summed E-state index contributed by atoms with van der Waals surface area (Å²) < 4.78 is 0. The molecule has 0 bridgehead atoms. The summed E-state index contributed by atoms with van der Waals surface area (Å²) in [6.07, 6.45) is -0.0752. The molecule has 5 nitrogen and oxygen atoms in total. The molecule has 1 atom stereocenters. The lowest BCUT2D eigenvalue weighted by molar-refractivity contribution is -0.112. The summed E-state index contributed by atoms with van der Waals surface area (Å²) >= 11 is 0. The average molecular weight is 144 g/mol. The Morgan fingerprint density at radius 3 is 3.00 bits per heavy atom. The summed E-state index contributed by atoms with van der Waals surface area (Å²) in [5, 5.41) is 11.9. The van der Waals surface area contributed by atoms with Crippen LogP contribution >= 0.6 is 0 Å². The van der Waals surface area contributed by atoms with Crippen LogP contribution in [0.4, 0.5) is 0 Å². The fourth-order valence-corrected chi connectivity index (χ4v) is 0.672. The van der Waals surface area contributed by atoms with Crippen molar-refractivity contribution in [2.75, 3.05) is 6.61 Å². The lowest BCUT2D eigenvalue weighted by atomic mass is 10.2. The van der Waals surface area contributed by atoms with Gasteiger partial charge in [-0.05, 0) is 0 Å². The van der Waals surface area contributed by atoms with E-state index in [1.807, 2.05) is 0 Å². The number of nitrogens with two attached hydrogens (primary N) is 1. The summed E-state index contributed by atoms with van der Waals surface area (Å²) in [5.74, 6) is -0.587. The highest BCUT2D eigenvalue weighted by Gasteiger charge is 2.23. The molecule has 0 aromatic carbocycles. The van der Waals surface area contributed by atoms with Crippen molar-refractivity contribution >= 4 is 11.6 Å². The molecule has 0 aromatic rings. The molecule has 1 heterocycles. The molecular formula is C5H8N2O3. The minimum Gasteiger partial charge on any atom is -0.392 e. The number of carbonyl (C=O) groups is 1. The second-order valence-electron chi connectivity index (χ2n) is 2.02. The van der Waals surface area contributed by atoms with Crippen molar-refractivity contribution in [1.29, 1.82) is 0 Å². The van der Waals surface area contributed by atoms with Gasteiger partial charge in [-0.1, -0.05) is 5.16 Å². The fraction of sp³-hybridized carbons (Fsp3) is 0.600. The number of oxime groups is 1. The van der Waals surface area contributed by atoms with Crippen molar-refractivity contribution in [2.24, 2.45) is 10.9 Å². The third kappa shape index (κ3) is 1.24. The first-order valence-electron chi connectivity index (χ1n) is 2.87. The van der Waals surface area contributed by atoms with Crippen LogP contribution in [0.1, 0.15) is 6.42 Å². The summed E-state index contributed by atoms with van der Waals surface area (Å²) in [6, 6.07) is 0. The molecule has 1 aliphatic rings. The van der Waals surface area contributed by atoms with Gasteiger partial charge in [-0.25, -0.2) is 0 Å². The Kier molecular flexibility index (Phi) is 1.86. The number of nitrogens with zero attached hydrogens (tertiary/aromatic N) is 1. The van der Waals surface area contributed by atoms with Gasteiger partial charge in [0.1, 0.15) is 5.71 Å². The summed E-state index contributed by atoms with van der Waals surface area (Å²) in [6.45, 7) is -0.139. The minimum atomic E-state index is -0.587. The molecule has 1 amide bonds. The van der Waals surface area contributed by atoms with E-state index >= 15 is 0 Å². The van der Waals surface area contributed by atoms with Crippen molar-refractivity contribution in [3.05, 3.63) is 0 Å². The molecule has 56 valence electrons. The van der Waals surface area contributed by atoms with Gasteiger partial charge in [-0.2, -0.15) is 0 Å². The normalized spacial score (nSPS) is 23.7. The Bertz CT molecular complexity index is 178. The predicted molar refractivity (Wildman–Crippen MR) is 33.2 cm³/mol. The number of primary amides is 1. The summed E-state index contributed by atoms with van der Waals surface area (Å²) in [7, 11) is 0. The molecule has 3 N–H and O–H groups in total. The van der Waals surface area contributed by atoms with E-state index in [4.69, 9.17) is 10.8 Å². The fourth-order valence-electron chi connectivity index (χ4n) is 0.672. The first-order chi connectivity index (χ1) is 4.74. The number of rotatable bonds is 2. The summed E-state index contributed by atoms with van der Waals surface area (Å²) in [4.78, 5) is 15.0. The number of aliphatic hydroxyl groups is 1. The van der Waals surface area contributed by atoms with E-state index in [1.165, 1.54) is 0 Å². The number of hydrogen-bond donors (Lipinski definition) is 2. The lowest BCUT2D eigenvalue weighted by Gasteiger charge is -1.99. The Labute approximate surface area is 57.5 Å². The lowest BCUT2D eigenvalue weighted by Crippen LogP contribution is -2.24. The molecule has 0 unspecified atom stereocenters. The van der Waals surface area contributed by atoms with Crippen molar-refractivity contribution in [3.63, 3.8) is 0 Å². The maximum absolute atomic E-state index is 10.4. The average Bonchev–Trinajstić information content (AvgIpc) is 2.34. The molecule has 0 radical (unpaired) electrons. The molecule has 0 saturated heterocycles. The van der Waals surface area contributed by atoms with Crippen LogP contribution in [0.25, 0.3) is 0 Å². The van der Waals surface area contributed by atoms with Crippen molar-refractivity contribution in [3.8, 4) is 0 Å². The first kappa shape index (κ1) is 7.01. The van der Waals surface area contributed by atoms with Crippen LogP contribution in [-0.2, 0) is 9.63 Å². The zero-order valence-corrected chi connectivity index (χ0v) is 5.28. The van der Waals surface area contributed by atoms with Crippen LogP contribution in [0.5, 0.6) is 0 Å². The van der Waals surface area contributed by atoms with Gasteiger partial charge in [0, 0.05) is 6.42 Å². The number of aliphatic hydroxyl groups excluding tert-OH is 1. The second-order valence-corrected chi connectivity index (χ2v) is 2.02. The van der Waals surface area contributed by atoms with Gasteiger partial charge in [0.05, 0.1) is 6.61 Å². The Morgan fingerprint density at radius 1 is 2.00 bits per heavy atom. The quantitative estimate of drug-likeness (QED) is 0.500. The van der Waals surface area contributed by atoms with Crippen LogP contribution in [0.15, 0.2) is 5.16 Å². The van der Waals surface area contributed by atoms with Crippen LogP contribution in [0.3, 0.4) is 0 Å². The Morgan fingerprint density at radius 2 is 2.70 bits per heavy atom. The molecule has 1 aliphatic heterocycles. The maximum Gasteiger partial charge on any atom is 0.266 e. The highest BCUT2D eigenvalue weighted by molar-refractivity contribution is 6.38. The zero-order valence-electron chi connectivity index (χ0n) is 5.28. The van der Waals surface area contributed by atoms with E-state index in [2.05, 4.69) is 9.99 Å². The summed E-state index contributed by atoms with van der Waals surface area (Å²) in [5.41, 5.74) is 5.08. The van der Waals surface area contributed by atoms with Crippen LogP contribution in [-0.4, -0.2) is 29.4 Å². The van der Waals surface area contributed by atoms with Crippen LogP contribution in [0.2, 0.25) is 0 Å². The van der Waals surface area contributed by atoms with E-state index in [9.17, 15) is 4.79 Å². The van der Waals surface area contributed by atoms with Crippen molar-refractivity contribution < 1.29 is 14.7 Å². The molecule has 10 heavy (non-hydrogen) atoms. The van der Waals surface area contributed by atoms with E-state index < -0.39 is 5.91 Å².